The normalized spacial score (nSPS) is 32.2. The number of rotatable bonds is 1. The summed E-state index contributed by atoms with van der Waals surface area (Å²) in [4.78, 5) is 14.5. The molecular weight excluding hydrogens is 200 g/mol. The summed E-state index contributed by atoms with van der Waals surface area (Å²) in [5, 5.41) is 3.34. The third kappa shape index (κ3) is 2.76. The molecule has 0 aromatic rings. The molecule has 0 radical (unpaired) electrons. The summed E-state index contributed by atoms with van der Waals surface area (Å²) in [6, 6.07) is 0.455. The van der Waals surface area contributed by atoms with Gasteiger partial charge in [-0.3, -0.25) is 4.79 Å². The van der Waals surface area contributed by atoms with Gasteiger partial charge in [0.05, 0.1) is 5.92 Å². The molecule has 2 atom stereocenters. The smallest absolute Gasteiger partial charge is 0.227 e. The molecule has 2 aliphatic rings. The molecule has 1 N–H and O–H groups in total. The van der Waals surface area contributed by atoms with Crippen LogP contribution in [-0.2, 0) is 4.79 Å². The molecule has 0 aromatic heterocycles. The second-order valence-electron chi connectivity index (χ2n) is 5.27. The van der Waals surface area contributed by atoms with Crippen molar-refractivity contribution in [2.75, 3.05) is 19.6 Å². The average molecular weight is 224 g/mol. The van der Waals surface area contributed by atoms with Gasteiger partial charge in [-0.15, -0.1) is 0 Å². The number of hydrogen-bond acceptors (Lipinski definition) is 2. The van der Waals surface area contributed by atoms with Crippen LogP contribution in [0.15, 0.2) is 0 Å². The monoisotopic (exact) mass is 224 g/mol. The molecule has 0 saturated carbocycles. The lowest BCUT2D eigenvalue weighted by Crippen LogP contribution is -2.46. The van der Waals surface area contributed by atoms with Crippen LogP contribution >= 0.6 is 0 Å². The first-order valence-corrected chi connectivity index (χ1v) is 6.80. The molecule has 1 amide bonds. The van der Waals surface area contributed by atoms with E-state index in [4.69, 9.17) is 0 Å². The van der Waals surface area contributed by atoms with E-state index in [0.717, 1.165) is 32.5 Å². The Balaban J connectivity index is 1.95. The van der Waals surface area contributed by atoms with Crippen molar-refractivity contribution in [2.45, 2.75) is 51.5 Å². The summed E-state index contributed by atoms with van der Waals surface area (Å²) in [5.74, 6) is 0.649. The fraction of sp³-hybridized carbons (Fsp3) is 0.923. The SMILES string of the molecule is CC1CCCCCN1C(=O)C1CCCNC1. The molecule has 0 bridgehead atoms. The fourth-order valence-electron chi connectivity index (χ4n) is 2.90. The van der Waals surface area contributed by atoms with Crippen molar-refractivity contribution in [2.24, 2.45) is 5.92 Å². The Morgan fingerprint density at radius 1 is 1.19 bits per heavy atom. The molecule has 2 unspecified atom stereocenters. The Bertz CT molecular complexity index is 236. The summed E-state index contributed by atoms with van der Waals surface area (Å²) in [6.45, 7) is 5.16. The van der Waals surface area contributed by atoms with Crippen molar-refractivity contribution < 1.29 is 4.79 Å². The van der Waals surface area contributed by atoms with Gasteiger partial charge in [-0.1, -0.05) is 12.8 Å². The van der Waals surface area contributed by atoms with E-state index in [2.05, 4.69) is 17.1 Å². The Kier molecular flexibility index (Phi) is 4.22. The highest BCUT2D eigenvalue weighted by molar-refractivity contribution is 5.79. The number of nitrogens with one attached hydrogen (secondary N) is 1. The molecule has 2 rings (SSSR count). The number of hydrogen-bond donors (Lipinski definition) is 1. The van der Waals surface area contributed by atoms with Crippen LogP contribution in [0.25, 0.3) is 0 Å². The standard InChI is InChI=1S/C13H24N2O/c1-11-6-3-2-4-9-15(11)13(16)12-7-5-8-14-10-12/h11-12,14H,2-10H2,1H3. The number of amides is 1. The minimum atomic E-state index is 0.245. The summed E-state index contributed by atoms with van der Waals surface area (Å²) in [5.41, 5.74) is 0. The van der Waals surface area contributed by atoms with Crippen LogP contribution in [0.1, 0.15) is 45.4 Å². The van der Waals surface area contributed by atoms with E-state index in [1.54, 1.807) is 0 Å². The topological polar surface area (TPSA) is 32.3 Å². The van der Waals surface area contributed by atoms with Crippen LogP contribution in [-0.4, -0.2) is 36.5 Å². The van der Waals surface area contributed by atoms with Crippen molar-refractivity contribution >= 4 is 5.91 Å². The Hall–Kier alpha value is -0.570. The quantitative estimate of drug-likeness (QED) is 0.736. The van der Waals surface area contributed by atoms with Gasteiger partial charge in [-0.05, 0) is 39.2 Å². The highest BCUT2D eigenvalue weighted by Crippen LogP contribution is 2.21. The van der Waals surface area contributed by atoms with Crippen molar-refractivity contribution in [1.29, 1.82) is 0 Å². The van der Waals surface area contributed by atoms with E-state index in [-0.39, 0.29) is 5.92 Å². The van der Waals surface area contributed by atoms with E-state index >= 15 is 0 Å². The van der Waals surface area contributed by atoms with Crippen LogP contribution in [0.3, 0.4) is 0 Å². The van der Waals surface area contributed by atoms with E-state index < -0.39 is 0 Å². The maximum Gasteiger partial charge on any atom is 0.227 e. The third-order valence-corrected chi connectivity index (χ3v) is 3.98. The van der Waals surface area contributed by atoms with Crippen LogP contribution in [0.4, 0.5) is 0 Å². The molecule has 0 aromatic carbocycles. The van der Waals surface area contributed by atoms with Gasteiger partial charge in [0.2, 0.25) is 5.91 Å². The van der Waals surface area contributed by atoms with Gasteiger partial charge in [0.25, 0.3) is 0 Å². The van der Waals surface area contributed by atoms with E-state index in [0.29, 0.717) is 11.9 Å². The summed E-state index contributed by atoms with van der Waals surface area (Å²) < 4.78 is 0. The fourth-order valence-corrected chi connectivity index (χ4v) is 2.90. The minimum Gasteiger partial charge on any atom is -0.340 e. The molecule has 92 valence electrons. The molecular formula is C13H24N2O. The summed E-state index contributed by atoms with van der Waals surface area (Å²) >= 11 is 0. The summed E-state index contributed by atoms with van der Waals surface area (Å²) in [6.07, 6.45) is 7.18. The zero-order valence-corrected chi connectivity index (χ0v) is 10.4. The predicted molar refractivity (Wildman–Crippen MR) is 65.2 cm³/mol. The summed E-state index contributed by atoms with van der Waals surface area (Å²) in [7, 11) is 0. The van der Waals surface area contributed by atoms with Gasteiger partial charge in [0.15, 0.2) is 0 Å². The van der Waals surface area contributed by atoms with E-state index in [1.807, 2.05) is 0 Å². The number of carbonyl (C=O) groups is 1. The van der Waals surface area contributed by atoms with Crippen molar-refractivity contribution in [3.8, 4) is 0 Å². The minimum absolute atomic E-state index is 0.245. The Morgan fingerprint density at radius 3 is 2.81 bits per heavy atom. The largest absolute Gasteiger partial charge is 0.340 e. The lowest BCUT2D eigenvalue weighted by molar-refractivity contribution is -0.138. The Morgan fingerprint density at radius 2 is 2.06 bits per heavy atom. The highest BCUT2D eigenvalue weighted by atomic mass is 16.2. The average Bonchev–Trinajstić information content (AvgIpc) is 2.54. The van der Waals surface area contributed by atoms with Gasteiger partial charge in [0, 0.05) is 19.1 Å². The van der Waals surface area contributed by atoms with Gasteiger partial charge >= 0.3 is 0 Å². The number of piperidine rings is 1. The second-order valence-corrected chi connectivity index (χ2v) is 5.27. The highest BCUT2D eigenvalue weighted by Gasteiger charge is 2.29. The molecule has 2 aliphatic heterocycles. The molecule has 0 spiro atoms. The van der Waals surface area contributed by atoms with E-state index in [9.17, 15) is 4.79 Å². The first-order chi connectivity index (χ1) is 7.79. The lowest BCUT2D eigenvalue weighted by Gasteiger charge is -2.32. The number of carbonyl (C=O) groups excluding carboxylic acids is 1. The Labute approximate surface area is 98.6 Å². The van der Waals surface area contributed by atoms with Crippen LogP contribution < -0.4 is 5.32 Å². The molecule has 0 aliphatic carbocycles. The van der Waals surface area contributed by atoms with Gasteiger partial charge in [-0.25, -0.2) is 0 Å². The van der Waals surface area contributed by atoms with E-state index in [1.165, 1.54) is 25.7 Å². The first kappa shape index (κ1) is 11.9. The number of likely N-dealkylation sites (tertiary alicyclic amines) is 1. The molecule has 3 heteroatoms. The van der Waals surface area contributed by atoms with Crippen LogP contribution in [0.2, 0.25) is 0 Å². The predicted octanol–water partition coefficient (Wildman–Crippen LogP) is 1.78. The maximum atomic E-state index is 12.4. The maximum absolute atomic E-state index is 12.4. The van der Waals surface area contributed by atoms with Crippen molar-refractivity contribution in [1.82, 2.24) is 10.2 Å². The van der Waals surface area contributed by atoms with Gasteiger partial charge in [-0.2, -0.15) is 0 Å². The van der Waals surface area contributed by atoms with Gasteiger partial charge in [0.1, 0.15) is 0 Å². The molecule has 2 saturated heterocycles. The third-order valence-electron chi connectivity index (χ3n) is 3.98. The van der Waals surface area contributed by atoms with Crippen LogP contribution in [0.5, 0.6) is 0 Å². The van der Waals surface area contributed by atoms with Crippen LogP contribution in [0, 0.1) is 5.92 Å². The lowest BCUT2D eigenvalue weighted by atomic mass is 9.97. The van der Waals surface area contributed by atoms with Crippen molar-refractivity contribution in [3.05, 3.63) is 0 Å². The zero-order chi connectivity index (χ0) is 11.4. The first-order valence-electron chi connectivity index (χ1n) is 6.80. The van der Waals surface area contributed by atoms with Gasteiger partial charge < -0.3 is 10.2 Å². The second kappa shape index (κ2) is 5.67. The zero-order valence-electron chi connectivity index (χ0n) is 10.4. The molecule has 3 nitrogen and oxygen atoms in total. The molecule has 16 heavy (non-hydrogen) atoms. The van der Waals surface area contributed by atoms with Crippen molar-refractivity contribution in [3.63, 3.8) is 0 Å². The molecule has 2 heterocycles. The molecule has 2 fully saturated rings. The number of nitrogens with zero attached hydrogens (tertiary/aromatic N) is 1.